The Morgan fingerprint density at radius 3 is 2.74 bits per heavy atom. The Hall–Kier alpha value is -2.57. The Balaban J connectivity index is 1.75. The highest BCUT2D eigenvalue weighted by Gasteiger charge is 2.11. The normalized spacial score (nSPS) is 11.8. The van der Waals surface area contributed by atoms with E-state index in [1.807, 2.05) is 48.9 Å². The molecule has 23 heavy (non-hydrogen) atoms. The summed E-state index contributed by atoms with van der Waals surface area (Å²) >= 11 is 0. The second-order valence-corrected chi connectivity index (χ2v) is 5.39. The number of carbonyl (C=O) groups is 1. The van der Waals surface area contributed by atoms with Gasteiger partial charge in [-0.2, -0.15) is 0 Å². The van der Waals surface area contributed by atoms with Crippen molar-refractivity contribution in [3.05, 3.63) is 42.5 Å². The summed E-state index contributed by atoms with van der Waals surface area (Å²) in [6, 6.07) is 10.1. The van der Waals surface area contributed by atoms with Gasteiger partial charge in [0, 0.05) is 31.9 Å². The van der Waals surface area contributed by atoms with Crippen molar-refractivity contribution < 1.29 is 4.79 Å². The van der Waals surface area contributed by atoms with Crippen LogP contribution >= 0.6 is 0 Å². The van der Waals surface area contributed by atoms with Crippen LogP contribution in [0, 0.1) is 0 Å². The zero-order valence-electron chi connectivity index (χ0n) is 13.9. The Morgan fingerprint density at radius 1 is 1.30 bits per heavy atom. The Kier molecular flexibility index (Phi) is 5.96. The van der Waals surface area contributed by atoms with Crippen molar-refractivity contribution in [3.8, 4) is 0 Å². The van der Waals surface area contributed by atoms with Crippen LogP contribution in [0.1, 0.15) is 19.7 Å². The molecule has 124 valence electrons. The Morgan fingerprint density at radius 2 is 2.04 bits per heavy atom. The molecule has 1 aromatic carbocycles. The molecule has 0 saturated heterocycles. The summed E-state index contributed by atoms with van der Waals surface area (Å²) in [4.78, 5) is 14.0. The molecule has 0 aliphatic rings. The van der Waals surface area contributed by atoms with Crippen molar-refractivity contribution in [1.82, 2.24) is 25.4 Å². The van der Waals surface area contributed by atoms with Crippen LogP contribution < -0.4 is 15.5 Å². The van der Waals surface area contributed by atoms with Gasteiger partial charge in [0.1, 0.15) is 6.33 Å². The first-order chi connectivity index (χ1) is 11.1. The van der Waals surface area contributed by atoms with Gasteiger partial charge in [0.05, 0.1) is 6.54 Å². The topological polar surface area (TPSA) is 75.1 Å². The van der Waals surface area contributed by atoms with Crippen LogP contribution in [0.2, 0.25) is 0 Å². The zero-order valence-corrected chi connectivity index (χ0v) is 13.9. The van der Waals surface area contributed by atoms with Crippen LogP contribution in [0.4, 0.5) is 10.5 Å². The number of para-hydroxylation sites is 1. The summed E-state index contributed by atoms with van der Waals surface area (Å²) in [7, 11) is 2.02. The number of rotatable bonds is 7. The maximum Gasteiger partial charge on any atom is 0.315 e. The van der Waals surface area contributed by atoms with Crippen LogP contribution in [-0.4, -0.2) is 40.4 Å². The minimum Gasteiger partial charge on any atom is -0.370 e. The molecule has 1 atom stereocenters. The van der Waals surface area contributed by atoms with E-state index in [0.29, 0.717) is 13.1 Å². The molecule has 1 heterocycles. The van der Waals surface area contributed by atoms with Crippen molar-refractivity contribution in [2.45, 2.75) is 33.0 Å². The second-order valence-electron chi connectivity index (χ2n) is 5.39. The number of amides is 2. The highest BCUT2D eigenvalue weighted by molar-refractivity contribution is 5.73. The van der Waals surface area contributed by atoms with E-state index in [9.17, 15) is 4.79 Å². The number of hydrogen-bond acceptors (Lipinski definition) is 4. The summed E-state index contributed by atoms with van der Waals surface area (Å²) in [6.07, 6.45) is 1.66. The number of carbonyl (C=O) groups excluding carboxylic acids is 1. The summed E-state index contributed by atoms with van der Waals surface area (Å²) in [6.45, 7) is 5.78. The van der Waals surface area contributed by atoms with Gasteiger partial charge in [-0.3, -0.25) is 0 Å². The lowest BCUT2D eigenvalue weighted by Gasteiger charge is -2.27. The van der Waals surface area contributed by atoms with Gasteiger partial charge in [-0.05, 0) is 26.0 Å². The fourth-order valence-electron chi connectivity index (χ4n) is 2.20. The molecule has 1 aromatic heterocycles. The van der Waals surface area contributed by atoms with Crippen molar-refractivity contribution in [3.63, 3.8) is 0 Å². The molecule has 0 aliphatic heterocycles. The number of nitrogens with zero attached hydrogens (tertiary/aromatic N) is 4. The molecule has 2 amide bonds. The van der Waals surface area contributed by atoms with Crippen LogP contribution in [0.15, 0.2) is 36.7 Å². The van der Waals surface area contributed by atoms with Crippen molar-refractivity contribution in [2.24, 2.45) is 0 Å². The predicted molar refractivity (Wildman–Crippen MR) is 90.2 cm³/mol. The maximum atomic E-state index is 11.9. The molecule has 7 heteroatoms. The molecule has 0 unspecified atom stereocenters. The number of nitrogens with one attached hydrogen (secondary N) is 2. The number of likely N-dealkylation sites (N-methyl/N-ethyl adjacent to an activating group) is 1. The lowest BCUT2D eigenvalue weighted by Crippen LogP contribution is -2.44. The van der Waals surface area contributed by atoms with E-state index in [4.69, 9.17) is 0 Å². The molecule has 2 rings (SSSR count). The monoisotopic (exact) mass is 316 g/mol. The van der Waals surface area contributed by atoms with Crippen LogP contribution in [0.25, 0.3) is 0 Å². The average molecular weight is 316 g/mol. The summed E-state index contributed by atoms with van der Waals surface area (Å²) in [5, 5.41) is 13.5. The van der Waals surface area contributed by atoms with Crippen molar-refractivity contribution >= 4 is 11.7 Å². The number of aromatic nitrogens is 3. The molecule has 7 nitrogen and oxygen atoms in total. The fourth-order valence-corrected chi connectivity index (χ4v) is 2.20. The summed E-state index contributed by atoms with van der Waals surface area (Å²) < 4.78 is 1.89. The van der Waals surface area contributed by atoms with Gasteiger partial charge >= 0.3 is 6.03 Å². The molecule has 0 bridgehead atoms. The minimum atomic E-state index is -0.205. The molecule has 0 radical (unpaired) electrons. The van der Waals surface area contributed by atoms with Gasteiger partial charge in [-0.15, -0.1) is 10.2 Å². The third-order valence-electron chi connectivity index (χ3n) is 3.83. The minimum absolute atomic E-state index is 0.183. The molecule has 0 aliphatic carbocycles. The lowest BCUT2D eigenvalue weighted by atomic mass is 10.2. The SMILES string of the molecule is CCn1cnnc1CNC(=O)NC[C@H](C)N(C)c1ccccc1. The lowest BCUT2D eigenvalue weighted by molar-refractivity contribution is 0.239. The van der Waals surface area contributed by atoms with E-state index in [-0.39, 0.29) is 12.1 Å². The van der Waals surface area contributed by atoms with Gasteiger partial charge in [-0.1, -0.05) is 18.2 Å². The second kappa shape index (κ2) is 8.17. The molecular weight excluding hydrogens is 292 g/mol. The van der Waals surface area contributed by atoms with E-state index in [0.717, 1.165) is 18.1 Å². The van der Waals surface area contributed by atoms with E-state index in [1.54, 1.807) is 6.33 Å². The van der Waals surface area contributed by atoms with E-state index >= 15 is 0 Å². The Labute approximate surface area is 136 Å². The van der Waals surface area contributed by atoms with Gasteiger partial charge in [0.25, 0.3) is 0 Å². The first kappa shape index (κ1) is 16.8. The molecular formula is C16H24N6O. The van der Waals surface area contributed by atoms with Gasteiger partial charge in [-0.25, -0.2) is 4.79 Å². The molecule has 2 aromatic rings. The van der Waals surface area contributed by atoms with Crippen molar-refractivity contribution in [2.75, 3.05) is 18.5 Å². The summed E-state index contributed by atoms with van der Waals surface area (Å²) in [5.74, 6) is 0.747. The van der Waals surface area contributed by atoms with Crippen LogP contribution in [-0.2, 0) is 13.1 Å². The predicted octanol–water partition coefficient (Wildman–Crippen LogP) is 1.62. The number of anilines is 1. The van der Waals surface area contributed by atoms with Gasteiger partial charge in [0.2, 0.25) is 0 Å². The third kappa shape index (κ3) is 4.70. The van der Waals surface area contributed by atoms with Crippen molar-refractivity contribution in [1.29, 1.82) is 0 Å². The molecule has 2 N–H and O–H groups in total. The average Bonchev–Trinajstić information content (AvgIpc) is 3.05. The van der Waals surface area contributed by atoms with Gasteiger partial charge < -0.3 is 20.1 Å². The number of aryl methyl sites for hydroxylation is 1. The third-order valence-corrected chi connectivity index (χ3v) is 3.83. The molecule has 0 saturated carbocycles. The van der Waals surface area contributed by atoms with E-state index < -0.39 is 0 Å². The Bertz CT molecular complexity index is 612. The molecule has 0 spiro atoms. The quantitative estimate of drug-likeness (QED) is 0.814. The largest absolute Gasteiger partial charge is 0.370 e. The first-order valence-corrected chi connectivity index (χ1v) is 7.78. The highest BCUT2D eigenvalue weighted by atomic mass is 16.2. The van der Waals surface area contributed by atoms with Gasteiger partial charge in [0.15, 0.2) is 5.82 Å². The first-order valence-electron chi connectivity index (χ1n) is 7.78. The zero-order chi connectivity index (χ0) is 16.7. The van der Waals surface area contributed by atoms with Crippen LogP contribution in [0.5, 0.6) is 0 Å². The number of benzene rings is 1. The molecule has 0 fully saturated rings. The smallest absolute Gasteiger partial charge is 0.315 e. The van der Waals surface area contributed by atoms with E-state index in [2.05, 4.69) is 32.7 Å². The maximum absolute atomic E-state index is 11.9. The van der Waals surface area contributed by atoms with E-state index in [1.165, 1.54) is 0 Å². The fraction of sp³-hybridized carbons (Fsp3) is 0.438. The number of urea groups is 1. The standard InChI is InChI=1S/C16H24N6O/c1-4-22-12-19-20-15(22)11-18-16(23)17-10-13(2)21(3)14-8-6-5-7-9-14/h5-9,12-13H,4,10-11H2,1-3H3,(H2,17,18,23)/t13-/m0/s1. The summed E-state index contributed by atoms with van der Waals surface area (Å²) in [5.41, 5.74) is 1.12. The number of hydrogen-bond donors (Lipinski definition) is 2. The van der Waals surface area contributed by atoms with Crippen LogP contribution in [0.3, 0.4) is 0 Å². The highest BCUT2D eigenvalue weighted by Crippen LogP contribution is 2.13.